The van der Waals surface area contributed by atoms with E-state index in [0.29, 0.717) is 36.9 Å². The van der Waals surface area contributed by atoms with Crippen LogP contribution in [0, 0.1) is 0 Å². The van der Waals surface area contributed by atoms with Gasteiger partial charge >= 0.3 is 70.2 Å². The normalized spacial score (nSPS) is 10.6. The molecule has 9 aromatic rings. The van der Waals surface area contributed by atoms with Crippen molar-refractivity contribution in [1.29, 1.82) is 0 Å². The van der Waals surface area contributed by atoms with Crippen LogP contribution < -0.4 is 39.2 Å². The van der Waals surface area contributed by atoms with E-state index in [2.05, 4.69) is 34.5 Å². The number of carboxylic acids is 1. The average Bonchev–Trinajstić information content (AvgIpc) is 2.62. The van der Waals surface area contributed by atoms with Gasteiger partial charge in [-0.05, 0) is 159 Å². The molecule has 0 aliphatic carbocycles. The summed E-state index contributed by atoms with van der Waals surface area (Å²) in [6.07, 6.45) is 1.27. The molecule has 9 rings (SSSR count). The van der Waals surface area contributed by atoms with Crippen LogP contribution in [0.4, 0.5) is 13.2 Å². The van der Waals surface area contributed by atoms with Gasteiger partial charge in [-0.3, -0.25) is 14.4 Å². The van der Waals surface area contributed by atoms with Crippen LogP contribution in [0.15, 0.2) is 218 Å². The van der Waals surface area contributed by atoms with Gasteiger partial charge in [-0.2, -0.15) is 21.6 Å². The summed E-state index contributed by atoms with van der Waals surface area (Å²) < 4.78 is 74.7. The van der Waals surface area contributed by atoms with Gasteiger partial charge in [-0.15, -0.1) is 0 Å². The first-order chi connectivity index (χ1) is 41.6. The second kappa shape index (κ2) is 35.9. The molecule has 0 amide bonds. The van der Waals surface area contributed by atoms with Crippen LogP contribution in [0.5, 0.6) is 23.0 Å². The Labute approximate surface area is 537 Å². The number of alkyl halides is 3. The van der Waals surface area contributed by atoms with Crippen molar-refractivity contribution < 1.29 is 115 Å². The number of carboxylic acid groups (broad SMARTS) is 1. The van der Waals surface area contributed by atoms with Crippen LogP contribution >= 0.6 is 0 Å². The summed E-state index contributed by atoms with van der Waals surface area (Å²) in [7, 11) is -7.32. The van der Waals surface area contributed by atoms with Crippen molar-refractivity contribution in [2.75, 3.05) is 13.2 Å². The Balaban J connectivity index is 0.000000262. The van der Waals surface area contributed by atoms with E-state index in [0.717, 1.165) is 67.3 Å². The minimum atomic E-state index is -5.82. The van der Waals surface area contributed by atoms with E-state index in [1.54, 1.807) is 73.7 Å². The smallest absolute Gasteiger partial charge is 0.870 e. The molecule has 21 heteroatoms. The van der Waals surface area contributed by atoms with Crippen molar-refractivity contribution in [1.82, 2.24) is 0 Å². The molecule has 0 spiro atoms. The summed E-state index contributed by atoms with van der Waals surface area (Å²) in [4.78, 5) is 34.4. The van der Waals surface area contributed by atoms with Crippen LogP contribution in [-0.4, -0.2) is 88.1 Å². The van der Waals surface area contributed by atoms with Crippen LogP contribution in [0.25, 0.3) is 55.6 Å². The Morgan fingerprint density at radius 2 is 0.809 bits per heavy atom. The van der Waals surface area contributed by atoms with Gasteiger partial charge in [0.2, 0.25) is 0 Å². The zero-order valence-electron chi connectivity index (χ0n) is 49.0. The van der Waals surface area contributed by atoms with Crippen LogP contribution in [0.1, 0.15) is 49.8 Å². The van der Waals surface area contributed by atoms with E-state index in [-0.39, 0.29) is 89.7 Å². The van der Waals surface area contributed by atoms with Crippen molar-refractivity contribution in [3.8, 4) is 78.6 Å². The Hall–Kier alpha value is -8.73. The number of phenolic OH excluding ortho intramolecular Hbond substituents is 3. The van der Waals surface area contributed by atoms with Crippen LogP contribution in [0.2, 0.25) is 0 Å². The third kappa shape index (κ3) is 23.1. The van der Waals surface area contributed by atoms with Gasteiger partial charge in [-0.1, -0.05) is 170 Å². The summed E-state index contributed by atoms with van der Waals surface area (Å²) in [5.74, 6) is -1.58. The van der Waals surface area contributed by atoms with E-state index >= 15 is 0 Å². The predicted molar refractivity (Wildman–Crippen MR) is 331 cm³/mol. The number of ether oxygens (including phenoxy) is 2. The van der Waals surface area contributed by atoms with Gasteiger partial charge in [0.15, 0.2) is 0 Å². The number of carbonyl (C=O) groups excluding carboxylic acids is 2. The van der Waals surface area contributed by atoms with Crippen molar-refractivity contribution in [2.24, 2.45) is 0 Å². The fourth-order valence-corrected chi connectivity index (χ4v) is 9.32. The Morgan fingerprint density at radius 3 is 1.17 bits per heavy atom. The molecule has 89 heavy (non-hydrogen) atoms. The minimum Gasteiger partial charge on any atom is -0.870 e. The number of hydrogen-bond donors (Lipinski definition) is 6. The molecule has 7 N–H and O–H groups in total. The zero-order valence-corrected chi connectivity index (χ0v) is 51.8. The van der Waals surface area contributed by atoms with Crippen molar-refractivity contribution in [2.45, 2.75) is 57.9 Å². The first-order valence-corrected chi connectivity index (χ1v) is 28.9. The maximum atomic E-state index is 12.6. The maximum absolute atomic E-state index is 12.6. The summed E-state index contributed by atoms with van der Waals surface area (Å²) in [6.45, 7) is 3.99. The van der Waals surface area contributed by atoms with E-state index < -0.39 is 40.4 Å². The average molecular weight is 1250 g/mol. The quantitative estimate of drug-likeness (QED) is 0.0190. The summed E-state index contributed by atoms with van der Waals surface area (Å²) in [5, 5.41) is 54.6. The molecule has 0 unspecified atom stereocenters. The molecule has 0 aliphatic heterocycles. The number of phenols is 3. The molecule has 0 radical (unpaired) electrons. The molecule has 0 bridgehead atoms. The Kier molecular flexibility index (Phi) is 29.4. The number of halogens is 3. The number of hydrogen-bond acceptors (Lipinski definition) is 14. The third-order valence-electron chi connectivity index (χ3n) is 13.0. The van der Waals surface area contributed by atoms with Crippen LogP contribution in [0.3, 0.4) is 0 Å². The number of aryl methyl sites for hydroxylation is 3. The molecule has 0 aromatic heterocycles. The van der Waals surface area contributed by atoms with Gasteiger partial charge in [0.1, 0.15) is 23.0 Å². The van der Waals surface area contributed by atoms with E-state index in [1.807, 2.05) is 91.9 Å². The third-order valence-corrected chi connectivity index (χ3v) is 13.9. The fraction of sp³-hybridized carbons (Fsp3) is 0.162. The summed E-state index contributed by atoms with van der Waals surface area (Å²) >= 11 is 0. The summed E-state index contributed by atoms with van der Waals surface area (Å²) in [6, 6.07) is 65.5. The number of esters is 2. The van der Waals surface area contributed by atoms with Gasteiger partial charge in [0.05, 0.1) is 13.2 Å². The summed E-state index contributed by atoms with van der Waals surface area (Å²) in [5.41, 5.74) is 6.51. The molecular weight excluding hydrogens is 1180 g/mol. The largest absolute Gasteiger partial charge is 1.00 e. The molecule has 0 saturated heterocycles. The maximum Gasteiger partial charge on any atom is 1.00 e. The van der Waals surface area contributed by atoms with E-state index in [9.17, 15) is 46.2 Å². The van der Waals surface area contributed by atoms with Crippen molar-refractivity contribution in [3.63, 3.8) is 0 Å². The van der Waals surface area contributed by atoms with Gasteiger partial charge in [0, 0.05) is 19.3 Å². The van der Waals surface area contributed by atoms with Crippen molar-refractivity contribution in [3.05, 3.63) is 235 Å². The standard InChI is InChI=1S/C23H22O3.C21H18O3.C18H17F3O5S.C6H7BO3.Na.H2O/c1-2-26-23(25)14-12-20-15-18(17-7-4-3-5-8-17)11-13-22(20)19-9-6-10-21(24)16-19;22-19-8-4-7-17(14-19)20-11-9-16(15-5-2-1-3-6-15)13-18(20)10-12-21(23)24;1-2-25-17(22)11-9-15-12-14(13-6-4-3-5-7-13)8-10-16(15)26-27(23,24)18(19,20)21;8-6-3-1-2-5(4-6)7(9)10;;/h3-11,13,15-16,24H,2,12,14H2,1H3;1-9,11,13-14,22H,10,12H2,(H,23,24);3-8,10,12H,2,9,11H2,1H3;1-4,8-10H;;1H2/q;;;;+1;/p-1. The molecule has 0 heterocycles. The Morgan fingerprint density at radius 1 is 0.449 bits per heavy atom. The first-order valence-electron chi connectivity index (χ1n) is 27.5. The van der Waals surface area contributed by atoms with Gasteiger partial charge < -0.3 is 49.6 Å². The van der Waals surface area contributed by atoms with E-state index in [1.165, 1.54) is 30.3 Å². The van der Waals surface area contributed by atoms with Crippen LogP contribution in [-0.2, 0) is 53.2 Å². The second-order valence-corrected chi connectivity index (χ2v) is 20.8. The molecule has 15 nitrogen and oxygen atoms in total. The fourth-order valence-electron chi connectivity index (χ4n) is 8.83. The Bertz CT molecular complexity index is 3820. The molecular formula is C68H65BF3NaO15S. The molecule has 458 valence electrons. The zero-order chi connectivity index (χ0) is 62.9. The monoisotopic (exact) mass is 1240 g/mol. The minimum absolute atomic E-state index is 0. The number of aliphatic carboxylic acids is 1. The molecule has 0 fully saturated rings. The number of benzene rings is 9. The second-order valence-electron chi connectivity index (χ2n) is 19.2. The van der Waals surface area contributed by atoms with Gasteiger partial charge in [0.25, 0.3) is 0 Å². The van der Waals surface area contributed by atoms with E-state index in [4.69, 9.17) is 29.7 Å². The number of rotatable bonds is 19. The first kappa shape index (κ1) is 72.7. The number of aromatic hydroxyl groups is 3. The molecule has 0 aliphatic rings. The molecule has 0 atom stereocenters. The molecule has 0 saturated carbocycles. The predicted octanol–water partition coefficient (Wildman–Crippen LogP) is 9.94. The SMILES string of the molecule is CCOC(=O)CCc1cc(-c2ccccc2)ccc1-c1cccc(O)c1.CCOC(=O)CCc1cc(-c2ccccc2)ccc1OS(=O)(=O)C(F)(F)F.O=C(O)CCc1cc(-c2ccccc2)ccc1-c1cccc(O)c1.OB(O)c1cccc(O)c1.[Na+].[OH-]. The topological polar surface area (TPSA) is 264 Å². The van der Waals surface area contributed by atoms with Gasteiger partial charge in [-0.25, -0.2) is 0 Å². The van der Waals surface area contributed by atoms with Crippen molar-refractivity contribution >= 4 is 40.6 Å². The molecule has 9 aromatic carbocycles. The number of carbonyl (C=O) groups is 3.